The van der Waals surface area contributed by atoms with Gasteiger partial charge in [0.25, 0.3) is 0 Å². The van der Waals surface area contributed by atoms with Gasteiger partial charge in [-0.25, -0.2) is 4.79 Å². The van der Waals surface area contributed by atoms with E-state index in [1.807, 2.05) is 30.3 Å². The van der Waals surface area contributed by atoms with Crippen molar-refractivity contribution in [3.63, 3.8) is 0 Å². The van der Waals surface area contributed by atoms with Crippen LogP contribution in [-0.4, -0.2) is 34.5 Å². The van der Waals surface area contributed by atoms with Gasteiger partial charge in [0.1, 0.15) is 0 Å². The molecular weight excluding hydrogens is 194 g/mol. The first-order chi connectivity index (χ1) is 7.11. The normalized spacial score (nSPS) is 15.1. The molecule has 0 saturated heterocycles. The van der Waals surface area contributed by atoms with Crippen molar-refractivity contribution in [2.45, 2.75) is 19.1 Å². The maximum Gasteiger partial charge on any atom is 0.331 e. The van der Waals surface area contributed by atoms with Crippen molar-refractivity contribution in [1.29, 1.82) is 0 Å². The van der Waals surface area contributed by atoms with Crippen molar-refractivity contribution >= 4 is 12.2 Å². The minimum Gasteiger partial charge on any atom is -0.480 e. The Labute approximate surface area is 87.9 Å². The van der Waals surface area contributed by atoms with E-state index in [9.17, 15) is 4.79 Å². The summed E-state index contributed by atoms with van der Waals surface area (Å²) in [6.45, 7) is 1.40. The second kappa shape index (κ2) is 5.26. The average Bonchev–Trinajstić information content (AvgIpc) is 2.18. The molecule has 1 aromatic rings. The first kappa shape index (κ1) is 11.4. The largest absolute Gasteiger partial charge is 0.480 e. The van der Waals surface area contributed by atoms with Crippen molar-refractivity contribution in [3.05, 3.63) is 35.9 Å². The molecule has 2 N–H and O–H groups in total. The maximum absolute atomic E-state index is 10.7. The van der Waals surface area contributed by atoms with Gasteiger partial charge in [-0.15, -0.1) is 0 Å². The fraction of sp³-hybridized carbons (Fsp3) is 0.273. The predicted octanol–water partition coefficient (Wildman–Crippen LogP) is 0.940. The monoisotopic (exact) mass is 207 g/mol. The molecule has 1 unspecified atom stereocenters. The Morgan fingerprint density at radius 3 is 2.47 bits per heavy atom. The van der Waals surface area contributed by atoms with Crippen LogP contribution in [0.2, 0.25) is 0 Å². The van der Waals surface area contributed by atoms with E-state index in [1.165, 1.54) is 13.1 Å². The molecule has 0 aliphatic heterocycles. The fourth-order valence-corrected chi connectivity index (χ4v) is 1.10. The number of hydrogen-bond acceptors (Lipinski definition) is 3. The van der Waals surface area contributed by atoms with Gasteiger partial charge >= 0.3 is 5.97 Å². The van der Waals surface area contributed by atoms with Gasteiger partial charge in [-0.3, -0.25) is 4.99 Å². The highest BCUT2D eigenvalue weighted by atomic mass is 16.4. The Balaban J connectivity index is 2.75. The molecule has 0 aliphatic rings. The number of aliphatic imine (C=N–C) groups is 1. The summed E-state index contributed by atoms with van der Waals surface area (Å²) in [6, 6.07) is 8.04. The van der Waals surface area contributed by atoms with Gasteiger partial charge in [0.15, 0.2) is 6.04 Å². The van der Waals surface area contributed by atoms with Gasteiger partial charge < -0.3 is 10.2 Å². The van der Waals surface area contributed by atoms with E-state index in [-0.39, 0.29) is 0 Å². The van der Waals surface area contributed by atoms with Crippen LogP contribution in [0.3, 0.4) is 0 Å². The Kier molecular flexibility index (Phi) is 4.00. The molecule has 0 amide bonds. The maximum atomic E-state index is 10.7. The minimum absolute atomic E-state index is 0.810. The van der Waals surface area contributed by atoms with Crippen LogP contribution in [0.15, 0.2) is 35.3 Å². The van der Waals surface area contributed by atoms with Crippen LogP contribution in [0.5, 0.6) is 0 Å². The lowest BCUT2D eigenvalue weighted by molar-refractivity contribution is -0.140. The standard InChI is InChI=1S/C11H13NO3/c1-8(13)10(11(14)15)12-7-9-5-3-2-4-6-9/h2-8,10,13H,1H3,(H,14,15)/t8?,10-/m0/s1. The zero-order chi connectivity index (χ0) is 11.3. The summed E-state index contributed by atoms with van der Waals surface area (Å²) in [6.07, 6.45) is 0.452. The number of nitrogens with zero attached hydrogens (tertiary/aromatic N) is 1. The number of aliphatic hydroxyl groups is 1. The first-order valence-corrected chi connectivity index (χ1v) is 4.60. The molecule has 2 atom stereocenters. The lowest BCUT2D eigenvalue weighted by atomic mass is 10.2. The van der Waals surface area contributed by atoms with Crippen molar-refractivity contribution in [2.24, 2.45) is 4.99 Å². The third kappa shape index (κ3) is 3.52. The zero-order valence-electron chi connectivity index (χ0n) is 8.37. The summed E-state index contributed by atoms with van der Waals surface area (Å²) in [5.74, 6) is -1.13. The third-order valence-corrected chi connectivity index (χ3v) is 1.89. The van der Waals surface area contributed by atoms with Crippen LogP contribution in [0.1, 0.15) is 12.5 Å². The molecule has 80 valence electrons. The van der Waals surface area contributed by atoms with Gasteiger partial charge in [0, 0.05) is 6.21 Å². The van der Waals surface area contributed by atoms with E-state index >= 15 is 0 Å². The Bertz CT molecular complexity index is 346. The Morgan fingerprint density at radius 2 is 2.00 bits per heavy atom. The van der Waals surface area contributed by atoms with Gasteiger partial charge in [0.05, 0.1) is 6.10 Å². The summed E-state index contributed by atoms with van der Waals surface area (Å²) in [5.41, 5.74) is 0.810. The summed E-state index contributed by atoms with van der Waals surface area (Å²) < 4.78 is 0. The molecule has 0 heterocycles. The van der Waals surface area contributed by atoms with Crippen LogP contribution in [0, 0.1) is 0 Å². The fourth-order valence-electron chi connectivity index (χ4n) is 1.10. The third-order valence-electron chi connectivity index (χ3n) is 1.89. The summed E-state index contributed by atoms with van der Waals surface area (Å²) in [5, 5.41) is 17.9. The van der Waals surface area contributed by atoms with E-state index in [0.717, 1.165) is 5.56 Å². The van der Waals surface area contributed by atoms with Crippen LogP contribution in [-0.2, 0) is 4.79 Å². The zero-order valence-corrected chi connectivity index (χ0v) is 8.37. The number of aliphatic hydroxyl groups excluding tert-OH is 1. The molecule has 15 heavy (non-hydrogen) atoms. The molecule has 0 aromatic heterocycles. The molecule has 0 aliphatic carbocycles. The van der Waals surface area contributed by atoms with Gasteiger partial charge in [-0.05, 0) is 12.5 Å². The topological polar surface area (TPSA) is 69.9 Å². The highest BCUT2D eigenvalue weighted by Crippen LogP contribution is 2.01. The smallest absolute Gasteiger partial charge is 0.331 e. The minimum atomic E-state index is -1.13. The van der Waals surface area contributed by atoms with E-state index in [4.69, 9.17) is 10.2 Å². The summed E-state index contributed by atoms with van der Waals surface area (Å²) >= 11 is 0. The number of aliphatic carboxylic acids is 1. The SMILES string of the molecule is CC(O)[C@H](N=Cc1ccccc1)C(=O)O. The van der Waals surface area contributed by atoms with E-state index in [0.29, 0.717) is 0 Å². The number of hydrogen-bond donors (Lipinski definition) is 2. The number of carbonyl (C=O) groups is 1. The van der Waals surface area contributed by atoms with Crippen LogP contribution in [0.4, 0.5) is 0 Å². The molecule has 1 aromatic carbocycles. The highest BCUT2D eigenvalue weighted by Gasteiger charge is 2.20. The molecular formula is C11H13NO3. The van der Waals surface area contributed by atoms with Crippen LogP contribution >= 0.6 is 0 Å². The molecule has 0 spiro atoms. The van der Waals surface area contributed by atoms with E-state index < -0.39 is 18.1 Å². The predicted molar refractivity (Wildman–Crippen MR) is 57.1 cm³/mol. The van der Waals surface area contributed by atoms with Crippen LogP contribution in [0.25, 0.3) is 0 Å². The number of benzene rings is 1. The molecule has 0 bridgehead atoms. The summed E-state index contributed by atoms with van der Waals surface area (Å²) in [7, 11) is 0. The van der Waals surface area contributed by atoms with Crippen LogP contribution < -0.4 is 0 Å². The second-order valence-corrected chi connectivity index (χ2v) is 3.21. The average molecular weight is 207 g/mol. The van der Waals surface area contributed by atoms with Gasteiger partial charge in [-0.1, -0.05) is 30.3 Å². The van der Waals surface area contributed by atoms with Crippen molar-refractivity contribution in [3.8, 4) is 0 Å². The molecule has 0 saturated carbocycles. The first-order valence-electron chi connectivity index (χ1n) is 4.60. The number of carboxylic acids is 1. The van der Waals surface area contributed by atoms with E-state index in [2.05, 4.69) is 4.99 Å². The molecule has 1 rings (SSSR count). The lowest BCUT2D eigenvalue weighted by Gasteiger charge is -2.09. The second-order valence-electron chi connectivity index (χ2n) is 3.21. The lowest BCUT2D eigenvalue weighted by Crippen LogP contribution is -2.29. The van der Waals surface area contributed by atoms with Crippen molar-refractivity contribution in [2.75, 3.05) is 0 Å². The Hall–Kier alpha value is -1.68. The molecule has 0 fully saturated rings. The molecule has 4 nitrogen and oxygen atoms in total. The highest BCUT2D eigenvalue weighted by molar-refractivity contribution is 5.83. The van der Waals surface area contributed by atoms with E-state index in [1.54, 1.807) is 0 Å². The quantitative estimate of drug-likeness (QED) is 0.722. The van der Waals surface area contributed by atoms with Gasteiger partial charge in [-0.2, -0.15) is 0 Å². The molecule has 4 heteroatoms. The molecule has 0 radical (unpaired) electrons. The van der Waals surface area contributed by atoms with Crippen molar-refractivity contribution < 1.29 is 15.0 Å². The number of rotatable bonds is 4. The Morgan fingerprint density at radius 1 is 1.40 bits per heavy atom. The summed E-state index contributed by atoms with van der Waals surface area (Å²) in [4.78, 5) is 14.5. The van der Waals surface area contributed by atoms with Crippen molar-refractivity contribution in [1.82, 2.24) is 0 Å². The number of carboxylic acid groups (broad SMARTS) is 1. The van der Waals surface area contributed by atoms with Gasteiger partial charge in [0.2, 0.25) is 0 Å².